The number of anilines is 1. The first-order valence-corrected chi connectivity index (χ1v) is 7.67. The zero-order valence-corrected chi connectivity index (χ0v) is 13.2. The van der Waals surface area contributed by atoms with Crippen molar-refractivity contribution in [1.82, 2.24) is 19.8 Å². The fourth-order valence-electron chi connectivity index (χ4n) is 2.33. The Labute approximate surface area is 126 Å². The molecule has 1 fully saturated rings. The molecule has 1 N–H and O–H groups in total. The Kier molecular flexibility index (Phi) is 5.50. The molecule has 0 unspecified atom stereocenters. The van der Waals surface area contributed by atoms with Crippen LogP contribution in [0.15, 0.2) is 6.07 Å². The number of aromatic nitrogens is 2. The monoisotopic (exact) mass is 291 g/mol. The minimum Gasteiger partial charge on any atom is -0.370 e. The van der Waals surface area contributed by atoms with Crippen LogP contribution in [-0.4, -0.2) is 65.4 Å². The molecule has 1 aliphatic heterocycles. The molecule has 6 nitrogen and oxygen atoms in total. The number of nitrogens with zero attached hydrogens (tertiary/aromatic N) is 4. The lowest BCUT2D eigenvalue weighted by molar-refractivity contribution is 0.0658. The Hall–Kier alpha value is -1.69. The van der Waals surface area contributed by atoms with Crippen LogP contribution in [0, 0.1) is 6.92 Å². The van der Waals surface area contributed by atoms with E-state index in [-0.39, 0.29) is 5.91 Å². The maximum atomic E-state index is 12.5. The second kappa shape index (κ2) is 7.36. The van der Waals surface area contributed by atoms with Crippen LogP contribution < -0.4 is 5.32 Å². The predicted molar refractivity (Wildman–Crippen MR) is 83.6 cm³/mol. The van der Waals surface area contributed by atoms with Crippen LogP contribution in [0.4, 0.5) is 5.82 Å². The molecule has 1 aliphatic rings. The number of likely N-dealkylation sites (N-methyl/N-ethyl adjacent to an activating group) is 1. The molecule has 0 spiro atoms. The lowest BCUT2D eigenvalue weighted by Crippen LogP contribution is -2.47. The summed E-state index contributed by atoms with van der Waals surface area (Å²) < 4.78 is 0. The van der Waals surface area contributed by atoms with E-state index in [1.54, 1.807) is 6.07 Å². The molecule has 1 aromatic heterocycles. The van der Waals surface area contributed by atoms with Gasteiger partial charge in [-0.2, -0.15) is 0 Å². The molecule has 0 bridgehead atoms. The topological polar surface area (TPSA) is 61.4 Å². The summed E-state index contributed by atoms with van der Waals surface area (Å²) in [5.74, 6) is 1.38. The smallest absolute Gasteiger partial charge is 0.272 e. The molecule has 1 aromatic rings. The molecule has 2 heterocycles. The summed E-state index contributed by atoms with van der Waals surface area (Å²) in [7, 11) is 2.08. The lowest BCUT2D eigenvalue weighted by Gasteiger charge is -2.32. The average Bonchev–Trinajstić information content (AvgIpc) is 2.47. The van der Waals surface area contributed by atoms with E-state index in [1.807, 2.05) is 11.8 Å². The van der Waals surface area contributed by atoms with Gasteiger partial charge in [0.05, 0.1) is 0 Å². The summed E-state index contributed by atoms with van der Waals surface area (Å²) in [5, 5.41) is 3.26. The van der Waals surface area contributed by atoms with E-state index in [9.17, 15) is 4.79 Å². The van der Waals surface area contributed by atoms with Crippen LogP contribution >= 0.6 is 0 Å². The highest BCUT2D eigenvalue weighted by Gasteiger charge is 2.22. The number of carbonyl (C=O) groups is 1. The Morgan fingerprint density at radius 1 is 1.29 bits per heavy atom. The van der Waals surface area contributed by atoms with E-state index in [1.165, 1.54) is 0 Å². The van der Waals surface area contributed by atoms with E-state index >= 15 is 0 Å². The Morgan fingerprint density at radius 2 is 2.00 bits per heavy atom. The zero-order chi connectivity index (χ0) is 15.2. The molecule has 6 heteroatoms. The van der Waals surface area contributed by atoms with Gasteiger partial charge >= 0.3 is 0 Å². The highest BCUT2D eigenvalue weighted by atomic mass is 16.2. The fraction of sp³-hybridized carbons (Fsp3) is 0.667. The summed E-state index contributed by atoms with van der Waals surface area (Å²) in [4.78, 5) is 25.3. The van der Waals surface area contributed by atoms with Gasteiger partial charge in [0.1, 0.15) is 17.3 Å². The molecule has 116 valence electrons. The SMILES string of the molecule is CCCCNc1cc(C(=O)N2CCN(C)CC2)nc(C)n1. The van der Waals surface area contributed by atoms with Crippen LogP contribution in [0.3, 0.4) is 0 Å². The Morgan fingerprint density at radius 3 is 2.67 bits per heavy atom. The van der Waals surface area contributed by atoms with Gasteiger partial charge < -0.3 is 15.1 Å². The first-order chi connectivity index (χ1) is 10.1. The summed E-state index contributed by atoms with van der Waals surface area (Å²) in [6, 6.07) is 1.77. The molecule has 0 radical (unpaired) electrons. The normalized spacial score (nSPS) is 16.0. The van der Waals surface area contributed by atoms with Crippen molar-refractivity contribution < 1.29 is 4.79 Å². The number of rotatable bonds is 5. The zero-order valence-electron chi connectivity index (χ0n) is 13.2. The van der Waals surface area contributed by atoms with Crippen LogP contribution in [0.2, 0.25) is 0 Å². The quantitative estimate of drug-likeness (QED) is 0.831. The predicted octanol–water partition coefficient (Wildman–Crippen LogP) is 1.38. The van der Waals surface area contributed by atoms with Crippen molar-refractivity contribution >= 4 is 11.7 Å². The number of unbranched alkanes of at least 4 members (excludes halogenated alkanes) is 1. The molecule has 0 atom stereocenters. The standard InChI is InChI=1S/C15H25N5O/c1-4-5-6-16-14-11-13(17-12(2)18-14)15(21)20-9-7-19(3)8-10-20/h11H,4-10H2,1-3H3,(H,16,17,18). The van der Waals surface area contributed by atoms with Gasteiger partial charge in [0.2, 0.25) is 0 Å². The van der Waals surface area contributed by atoms with E-state index in [0.29, 0.717) is 11.5 Å². The summed E-state index contributed by atoms with van der Waals surface area (Å²) in [6.07, 6.45) is 2.22. The molecule has 2 rings (SSSR count). The van der Waals surface area contributed by atoms with Crippen LogP contribution in [-0.2, 0) is 0 Å². The molecular formula is C15H25N5O. The van der Waals surface area contributed by atoms with Gasteiger partial charge in [0, 0.05) is 38.8 Å². The van der Waals surface area contributed by atoms with Gasteiger partial charge in [-0.25, -0.2) is 9.97 Å². The van der Waals surface area contributed by atoms with Gasteiger partial charge in [-0.15, -0.1) is 0 Å². The second-order valence-corrected chi connectivity index (χ2v) is 5.56. The van der Waals surface area contributed by atoms with Gasteiger partial charge in [0.25, 0.3) is 5.91 Å². The number of amides is 1. The minimum absolute atomic E-state index is 0.00661. The van der Waals surface area contributed by atoms with Crippen molar-refractivity contribution in [2.45, 2.75) is 26.7 Å². The van der Waals surface area contributed by atoms with Gasteiger partial charge in [-0.3, -0.25) is 4.79 Å². The van der Waals surface area contributed by atoms with E-state index < -0.39 is 0 Å². The molecule has 0 aliphatic carbocycles. The molecule has 0 aromatic carbocycles. The van der Waals surface area contributed by atoms with Crippen LogP contribution in [0.5, 0.6) is 0 Å². The molecule has 0 saturated carbocycles. The number of nitrogens with one attached hydrogen (secondary N) is 1. The first kappa shape index (κ1) is 15.7. The summed E-state index contributed by atoms with van der Waals surface area (Å²) in [5.41, 5.74) is 0.492. The number of aryl methyl sites for hydroxylation is 1. The molecule has 1 saturated heterocycles. The highest BCUT2D eigenvalue weighted by Crippen LogP contribution is 2.11. The maximum absolute atomic E-state index is 12.5. The number of piperazine rings is 1. The van der Waals surface area contributed by atoms with Crippen molar-refractivity contribution in [1.29, 1.82) is 0 Å². The van der Waals surface area contributed by atoms with Crippen molar-refractivity contribution in [3.05, 3.63) is 17.6 Å². The van der Waals surface area contributed by atoms with E-state index in [2.05, 4.69) is 34.2 Å². The number of hydrogen-bond acceptors (Lipinski definition) is 5. The maximum Gasteiger partial charge on any atom is 0.272 e. The van der Waals surface area contributed by atoms with Gasteiger partial charge in [-0.1, -0.05) is 13.3 Å². The van der Waals surface area contributed by atoms with Gasteiger partial charge in [-0.05, 0) is 20.4 Å². The summed E-state index contributed by atoms with van der Waals surface area (Å²) in [6.45, 7) is 8.19. The third-order valence-corrected chi connectivity index (χ3v) is 3.68. The van der Waals surface area contributed by atoms with E-state index in [0.717, 1.165) is 51.4 Å². The number of hydrogen-bond donors (Lipinski definition) is 1. The van der Waals surface area contributed by atoms with Crippen molar-refractivity contribution in [2.24, 2.45) is 0 Å². The van der Waals surface area contributed by atoms with E-state index in [4.69, 9.17) is 0 Å². The molecular weight excluding hydrogens is 266 g/mol. The minimum atomic E-state index is 0.00661. The molecule has 1 amide bonds. The van der Waals surface area contributed by atoms with Gasteiger partial charge in [0.15, 0.2) is 0 Å². The van der Waals surface area contributed by atoms with Crippen LogP contribution in [0.25, 0.3) is 0 Å². The highest BCUT2D eigenvalue weighted by molar-refractivity contribution is 5.93. The largest absolute Gasteiger partial charge is 0.370 e. The fourth-order valence-corrected chi connectivity index (χ4v) is 2.33. The van der Waals surface area contributed by atoms with Crippen LogP contribution in [0.1, 0.15) is 36.1 Å². The average molecular weight is 291 g/mol. The third kappa shape index (κ3) is 4.39. The van der Waals surface area contributed by atoms with Crippen molar-refractivity contribution in [3.8, 4) is 0 Å². The summed E-state index contributed by atoms with van der Waals surface area (Å²) >= 11 is 0. The third-order valence-electron chi connectivity index (χ3n) is 3.68. The Balaban J connectivity index is 2.06. The number of carbonyl (C=O) groups excluding carboxylic acids is 1. The molecule has 21 heavy (non-hydrogen) atoms. The Bertz CT molecular complexity index is 483. The second-order valence-electron chi connectivity index (χ2n) is 5.56. The first-order valence-electron chi connectivity index (χ1n) is 7.67. The van der Waals surface area contributed by atoms with Crippen molar-refractivity contribution in [2.75, 3.05) is 45.1 Å². The lowest BCUT2D eigenvalue weighted by atomic mass is 10.2. The van der Waals surface area contributed by atoms with Crippen molar-refractivity contribution in [3.63, 3.8) is 0 Å².